The highest BCUT2D eigenvalue weighted by molar-refractivity contribution is 7.25. The fourth-order valence-corrected chi connectivity index (χ4v) is 10.4. The van der Waals surface area contributed by atoms with Crippen LogP contribution in [0.15, 0.2) is 200 Å². The minimum absolute atomic E-state index is 0.423. The Morgan fingerprint density at radius 3 is 1.82 bits per heavy atom. The smallest absolute Gasteiger partial charge is 0.0548 e. The predicted octanol–water partition coefficient (Wildman–Crippen LogP) is 15.2. The maximum Gasteiger partial charge on any atom is 0.0548 e. The topological polar surface area (TPSA) is 9.86 Å². The summed E-state index contributed by atoms with van der Waals surface area (Å²) in [4.78, 5) is 0. The summed E-state index contributed by atoms with van der Waals surface area (Å²) >= 11 is 1.89. The van der Waals surface area contributed by atoms with Crippen LogP contribution in [-0.2, 0) is 0 Å². The van der Waals surface area contributed by atoms with Crippen molar-refractivity contribution >= 4 is 75.1 Å². The summed E-state index contributed by atoms with van der Waals surface area (Å²) in [5.74, 6) is 0.423. The molecule has 1 atom stereocenters. The Morgan fingerprint density at radius 2 is 1.04 bits per heavy atom. The lowest BCUT2D eigenvalue weighted by Crippen LogP contribution is -1.98. The molecule has 2 nitrogen and oxygen atoms in total. The van der Waals surface area contributed by atoms with Crippen molar-refractivity contribution in [2.45, 2.75) is 12.3 Å². The third-order valence-electron chi connectivity index (χ3n) is 12.0. The van der Waals surface area contributed by atoms with E-state index in [1.165, 1.54) is 97.3 Å². The largest absolute Gasteiger partial charge is 0.309 e. The fraction of sp³-hybridized carbons (Fsp3) is 0.0370. The van der Waals surface area contributed by atoms with E-state index in [1.807, 2.05) is 11.3 Å². The first-order chi connectivity index (χ1) is 28.2. The lowest BCUT2D eigenvalue weighted by Gasteiger charge is -2.15. The van der Waals surface area contributed by atoms with E-state index in [-0.39, 0.29) is 0 Å². The number of aromatic nitrogens is 2. The van der Waals surface area contributed by atoms with Gasteiger partial charge < -0.3 is 9.13 Å². The Hall–Kier alpha value is -6.94. The highest BCUT2D eigenvalue weighted by atomic mass is 32.1. The molecule has 0 aliphatic heterocycles. The van der Waals surface area contributed by atoms with Crippen molar-refractivity contribution in [2.24, 2.45) is 0 Å². The van der Waals surface area contributed by atoms with Crippen LogP contribution in [-0.4, -0.2) is 9.13 Å². The highest BCUT2D eigenvalue weighted by Crippen LogP contribution is 2.43. The molecule has 0 fully saturated rings. The first kappa shape index (κ1) is 32.3. The maximum absolute atomic E-state index is 2.47. The number of fused-ring (bicyclic) bond motifs is 9. The Balaban J connectivity index is 1.03. The van der Waals surface area contributed by atoms with Gasteiger partial charge in [-0.25, -0.2) is 0 Å². The molecule has 3 aromatic heterocycles. The number of hydrogen-bond donors (Lipinski definition) is 0. The van der Waals surface area contributed by atoms with E-state index in [1.54, 1.807) is 0 Å². The summed E-state index contributed by atoms with van der Waals surface area (Å²) in [6.45, 7) is 0. The van der Waals surface area contributed by atoms with Gasteiger partial charge in [0.2, 0.25) is 0 Å². The molecule has 0 bridgehead atoms. The monoisotopic (exact) mass is 744 g/mol. The Bertz CT molecular complexity index is 3430. The first-order valence-corrected chi connectivity index (χ1v) is 20.6. The summed E-state index contributed by atoms with van der Waals surface area (Å²) in [6, 6.07) is 65.4. The molecule has 0 N–H and O–H groups in total. The fourth-order valence-electron chi connectivity index (χ4n) is 9.28. The number of thiophene rings is 1. The number of nitrogens with zero attached hydrogens (tertiary/aromatic N) is 2. The van der Waals surface area contributed by atoms with Gasteiger partial charge in [0.25, 0.3) is 0 Å². The van der Waals surface area contributed by atoms with Crippen LogP contribution in [0.5, 0.6) is 0 Å². The normalized spacial score (nSPS) is 14.3. The lowest BCUT2D eigenvalue weighted by atomic mass is 9.92. The second kappa shape index (κ2) is 12.8. The maximum atomic E-state index is 2.47. The average molecular weight is 745 g/mol. The molecule has 8 aromatic carbocycles. The van der Waals surface area contributed by atoms with Crippen LogP contribution in [0.25, 0.3) is 97.4 Å². The van der Waals surface area contributed by atoms with Gasteiger partial charge >= 0.3 is 0 Å². The quantitative estimate of drug-likeness (QED) is 0.166. The minimum Gasteiger partial charge on any atom is -0.309 e. The predicted molar refractivity (Wildman–Crippen MR) is 245 cm³/mol. The molecule has 0 saturated carbocycles. The van der Waals surface area contributed by atoms with Gasteiger partial charge in [-0.2, -0.15) is 0 Å². The molecule has 3 heterocycles. The minimum atomic E-state index is 0.423. The zero-order valence-electron chi connectivity index (χ0n) is 31.1. The number of benzene rings is 8. The van der Waals surface area contributed by atoms with Crippen molar-refractivity contribution in [1.29, 1.82) is 0 Å². The summed E-state index contributed by atoms with van der Waals surface area (Å²) in [6.07, 6.45) is 9.94. The molecule has 11 aromatic rings. The molecule has 0 amide bonds. The third-order valence-corrected chi connectivity index (χ3v) is 13.2. The van der Waals surface area contributed by atoms with Gasteiger partial charge in [-0.05, 0) is 107 Å². The van der Waals surface area contributed by atoms with Gasteiger partial charge in [0.15, 0.2) is 0 Å². The van der Waals surface area contributed by atoms with E-state index in [0.29, 0.717) is 5.92 Å². The zero-order chi connectivity index (χ0) is 37.5. The van der Waals surface area contributed by atoms with Crippen LogP contribution >= 0.6 is 11.3 Å². The van der Waals surface area contributed by atoms with E-state index < -0.39 is 0 Å². The van der Waals surface area contributed by atoms with E-state index in [0.717, 1.165) is 12.1 Å². The number of para-hydroxylation sites is 1. The van der Waals surface area contributed by atoms with E-state index in [2.05, 4.69) is 209 Å². The lowest BCUT2D eigenvalue weighted by molar-refractivity contribution is 0.853. The van der Waals surface area contributed by atoms with Crippen LogP contribution < -0.4 is 0 Å². The highest BCUT2D eigenvalue weighted by Gasteiger charge is 2.19. The third kappa shape index (κ3) is 5.16. The van der Waals surface area contributed by atoms with Gasteiger partial charge in [-0.15, -0.1) is 11.3 Å². The van der Waals surface area contributed by atoms with Crippen molar-refractivity contribution in [2.75, 3.05) is 0 Å². The second-order valence-corrected chi connectivity index (χ2v) is 16.4. The van der Waals surface area contributed by atoms with E-state index in [4.69, 9.17) is 0 Å². The van der Waals surface area contributed by atoms with Gasteiger partial charge in [-0.3, -0.25) is 0 Å². The molecule has 0 saturated heterocycles. The van der Waals surface area contributed by atoms with Gasteiger partial charge in [0.1, 0.15) is 0 Å². The SMILES string of the molecule is C1=CCC(c2ccc(-n3c4ccc(-c5ccc6c(c5)c5ccccc5n6-c5cccc(-c6ccccc6)c5)cc4c4cc5sc6ccccc6c5cc43)cc2)C=C1. The summed E-state index contributed by atoms with van der Waals surface area (Å²) < 4.78 is 7.54. The molecule has 3 heteroatoms. The van der Waals surface area contributed by atoms with Crippen LogP contribution in [0.4, 0.5) is 0 Å². The number of rotatable bonds is 5. The van der Waals surface area contributed by atoms with Crippen molar-refractivity contribution in [3.63, 3.8) is 0 Å². The van der Waals surface area contributed by atoms with Gasteiger partial charge in [0, 0.05) is 59.0 Å². The first-order valence-electron chi connectivity index (χ1n) is 19.8. The standard InChI is InChI=1S/C54H36N2S/c1-3-12-35(13-4-1)37-22-26-41(27-23-37)55-51-29-25-40(32-46(51)47-34-54-48(33-52(47)55)44-19-8-10-21-53(44)57-54)39-24-28-50-45(31-39)43-18-7-9-20-49(43)56(50)42-17-11-16-38(30-42)36-14-5-2-6-15-36/h1-12,14-35H,13H2. The molecular formula is C54H36N2S. The Morgan fingerprint density at radius 1 is 0.386 bits per heavy atom. The molecule has 268 valence electrons. The van der Waals surface area contributed by atoms with E-state index in [9.17, 15) is 0 Å². The molecule has 57 heavy (non-hydrogen) atoms. The average Bonchev–Trinajstić information content (AvgIpc) is 3.93. The van der Waals surface area contributed by atoms with Crippen molar-refractivity contribution in [3.05, 3.63) is 206 Å². The number of hydrogen-bond acceptors (Lipinski definition) is 1. The summed E-state index contributed by atoms with van der Waals surface area (Å²) in [5.41, 5.74) is 13.5. The Kier molecular flexibility index (Phi) is 7.26. The summed E-state index contributed by atoms with van der Waals surface area (Å²) in [7, 11) is 0. The van der Waals surface area contributed by atoms with Crippen LogP contribution in [0.3, 0.4) is 0 Å². The van der Waals surface area contributed by atoms with Crippen molar-refractivity contribution in [1.82, 2.24) is 9.13 Å². The molecular weight excluding hydrogens is 709 g/mol. The molecule has 1 unspecified atom stereocenters. The van der Waals surface area contributed by atoms with Crippen LogP contribution in [0.2, 0.25) is 0 Å². The molecule has 1 aliphatic rings. The summed E-state index contributed by atoms with van der Waals surface area (Å²) in [5, 5.41) is 7.71. The van der Waals surface area contributed by atoms with Crippen molar-refractivity contribution in [3.8, 4) is 33.6 Å². The van der Waals surface area contributed by atoms with Crippen LogP contribution in [0, 0.1) is 0 Å². The van der Waals surface area contributed by atoms with Crippen LogP contribution in [0.1, 0.15) is 17.9 Å². The van der Waals surface area contributed by atoms with Gasteiger partial charge in [0.05, 0.1) is 22.1 Å². The molecule has 1 aliphatic carbocycles. The molecule has 12 rings (SSSR count). The number of allylic oxidation sites excluding steroid dienone is 4. The van der Waals surface area contributed by atoms with Crippen molar-refractivity contribution < 1.29 is 0 Å². The second-order valence-electron chi connectivity index (χ2n) is 15.3. The molecule has 0 spiro atoms. The Labute approximate surface area is 334 Å². The van der Waals surface area contributed by atoms with Gasteiger partial charge in [-0.1, -0.05) is 127 Å². The molecule has 0 radical (unpaired) electrons. The van der Waals surface area contributed by atoms with E-state index >= 15 is 0 Å². The zero-order valence-corrected chi connectivity index (χ0v) is 32.0.